The number of hydrogen-bond donors (Lipinski definition) is 0. The van der Waals surface area contributed by atoms with Gasteiger partial charge in [-0.25, -0.2) is 0 Å². The molecule has 0 fully saturated rings. The summed E-state index contributed by atoms with van der Waals surface area (Å²) in [5, 5.41) is 1.33. The number of hydrogen-bond acceptors (Lipinski definition) is 2. The molecule has 0 N–H and O–H groups in total. The van der Waals surface area contributed by atoms with Gasteiger partial charge in [0, 0.05) is 10.2 Å². The van der Waals surface area contributed by atoms with Crippen LogP contribution in [0.3, 0.4) is 0 Å². The molecule has 0 atom stereocenters. The van der Waals surface area contributed by atoms with Crippen LogP contribution in [0.2, 0.25) is 16.6 Å². The van der Waals surface area contributed by atoms with Crippen LogP contribution in [-0.2, 0) is 0 Å². The second-order valence-corrected chi connectivity index (χ2v) is 13.1. The van der Waals surface area contributed by atoms with Crippen molar-refractivity contribution in [1.82, 2.24) is 0 Å². The molecule has 1 aromatic carbocycles. The van der Waals surface area contributed by atoms with Gasteiger partial charge in [-0.15, -0.1) is 0 Å². The number of rotatable bonds is 6. The average molecular weight is 311 g/mol. The Balaban J connectivity index is 3.26. The van der Waals surface area contributed by atoms with E-state index in [1.165, 1.54) is 5.19 Å². The first-order valence-electron chi connectivity index (χ1n) is 7.59. The lowest BCUT2D eigenvalue weighted by Gasteiger charge is -2.42. The molecule has 0 amide bonds. The van der Waals surface area contributed by atoms with E-state index in [-0.39, 0.29) is 0 Å². The third-order valence-electron chi connectivity index (χ3n) is 4.31. The van der Waals surface area contributed by atoms with Crippen molar-refractivity contribution < 1.29 is 9.16 Å². The molecule has 0 spiro atoms. The minimum atomic E-state index is -1.90. The smallest absolute Gasteiger partial charge is 0.258 e. The second kappa shape index (κ2) is 6.81. The Morgan fingerprint density at radius 1 is 0.900 bits per heavy atom. The van der Waals surface area contributed by atoms with Gasteiger partial charge in [-0.05, 0) is 28.8 Å². The van der Waals surface area contributed by atoms with Gasteiger partial charge in [0.1, 0.15) is 5.75 Å². The quantitative estimate of drug-likeness (QED) is 0.751. The van der Waals surface area contributed by atoms with Crippen molar-refractivity contribution in [3.05, 3.63) is 18.2 Å². The Bertz CT molecular complexity index is 420. The lowest BCUT2D eigenvalue weighted by atomic mass is 10.3. The summed E-state index contributed by atoms with van der Waals surface area (Å²) in [6, 6.07) is 6.36. The summed E-state index contributed by atoms with van der Waals surface area (Å²) in [6.45, 7) is 13.8. The van der Waals surface area contributed by atoms with Crippen molar-refractivity contribution in [2.24, 2.45) is 0 Å². The summed E-state index contributed by atoms with van der Waals surface area (Å²) in [4.78, 5) is 0. The molecular formula is C16H30O2Si2. The molecule has 0 aliphatic carbocycles. The highest BCUT2D eigenvalue weighted by Crippen LogP contribution is 2.44. The molecule has 0 saturated carbocycles. The largest absolute Gasteiger partial charge is 0.540 e. The third-order valence-corrected chi connectivity index (χ3v) is 10.9. The van der Waals surface area contributed by atoms with Gasteiger partial charge in [-0.3, -0.25) is 0 Å². The molecule has 1 aromatic rings. The number of benzene rings is 1. The van der Waals surface area contributed by atoms with E-state index in [1.54, 1.807) is 7.11 Å². The van der Waals surface area contributed by atoms with Gasteiger partial charge < -0.3 is 9.16 Å². The number of ether oxygens (including phenoxy) is 1. The predicted octanol–water partition coefficient (Wildman–Crippen LogP) is 3.24. The third kappa shape index (κ3) is 3.28. The molecule has 0 aromatic heterocycles. The highest BCUT2D eigenvalue weighted by atomic mass is 28.4. The molecule has 20 heavy (non-hydrogen) atoms. The Morgan fingerprint density at radius 2 is 1.40 bits per heavy atom. The van der Waals surface area contributed by atoms with Crippen molar-refractivity contribution in [2.45, 2.75) is 58.2 Å². The zero-order valence-electron chi connectivity index (χ0n) is 14.3. The van der Waals surface area contributed by atoms with E-state index in [0.717, 1.165) is 21.7 Å². The van der Waals surface area contributed by atoms with Gasteiger partial charge in [0.2, 0.25) is 0 Å². The minimum absolute atomic E-state index is 0.572. The van der Waals surface area contributed by atoms with E-state index in [0.29, 0.717) is 16.6 Å². The van der Waals surface area contributed by atoms with Crippen LogP contribution in [0.5, 0.6) is 11.5 Å². The van der Waals surface area contributed by atoms with Crippen LogP contribution in [0.4, 0.5) is 0 Å². The average Bonchev–Trinajstić information content (AvgIpc) is 2.35. The fraction of sp³-hybridized carbons (Fsp3) is 0.625. The highest BCUT2D eigenvalue weighted by molar-refractivity contribution is 6.78. The van der Waals surface area contributed by atoms with Gasteiger partial charge in [0.15, 0.2) is 5.75 Å². The second-order valence-electron chi connectivity index (χ2n) is 6.57. The Labute approximate surface area is 128 Å². The zero-order chi connectivity index (χ0) is 15.5. The van der Waals surface area contributed by atoms with E-state index in [2.05, 4.69) is 59.7 Å². The van der Waals surface area contributed by atoms with Crippen LogP contribution in [0, 0.1) is 0 Å². The van der Waals surface area contributed by atoms with Crippen LogP contribution in [0.1, 0.15) is 41.5 Å². The molecule has 0 aliphatic rings. The topological polar surface area (TPSA) is 18.5 Å². The molecule has 1 rings (SSSR count). The summed E-state index contributed by atoms with van der Waals surface area (Å²) in [6.07, 6.45) is 0. The molecule has 0 bridgehead atoms. The minimum Gasteiger partial charge on any atom is -0.540 e. The van der Waals surface area contributed by atoms with Gasteiger partial charge in [0.25, 0.3) is 8.32 Å². The SMILES string of the molecule is COc1cc([SiH3])ccc1O[Si](C(C)C)(C(C)C)C(C)C. The summed E-state index contributed by atoms with van der Waals surface area (Å²) >= 11 is 0. The van der Waals surface area contributed by atoms with Crippen molar-refractivity contribution >= 4 is 23.7 Å². The first-order valence-corrected chi connectivity index (χ1v) is 10.7. The van der Waals surface area contributed by atoms with E-state index in [1.807, 2.05) is 0 Å². The maximum absolute atomic E-state index is 6.69. The fourth-order valence-electron chi connectivity index (χ4n) is 3.40. The summed E-state index contributed by atoms with van der Waals surface area (Å²) in [7, 11) is 0.859. The van der Waals surface area contributed by atoms with E-state index < -0.39 is 8.32 Å². The van der Waals surface area contributed by atoms with Gasteiger partial charge in [0.05, 0.1) is 7.11 Å². The summed E-state index contributed by atoms with van der Waals surface area (Å²) in [5.74, 6) is 1.81. The maximum Gasteiger partial charge on any atom is 0.258 e. The fourth-order valence-corrected chi connectivity index (χ4v) is 9.09. The van der Waals surface area contributed by atoms with Crippen LogP contribution in [0.15, 0.2) is 18.2 Å². The van der Waals surface area contributed by atoms with Crippen LogP contribution in [0.25, 0.3) is 0 Å². The number of methoxy groups -OCH3 is 1. The summed E-state index contributed by atoms with van der Waals surface area (Å²) < 4.78 is 12.2. The van der Waals surface area contributed by atoms with E-state index in [4.69, 9.17) is 9.16 Å². The molecule has 0 radical (unpaired) electrons. The van der Waals surface area contributed by atoms with Gasteiger partial charge in [-0.1, -0.05) is 52.8 Å². The highest BCUT2D eigenvalue weighted by Gasteiger charge is 2.47. The predicted molar refractivity (Wildman–Crippen MR) is 94.2 cm³/mol. The van der Waals surface area contributed by atoms with Crippen molar-refractivity contribution in [2.75, 3.05) is 7.11 Å². The first kappa shape index (κ1) is 17.3. The van der Waals surface area contributed by atoms with Crippen molar-refractivity contribution in [1.29, 1.82) is 0 Å². The first-order chi connectivity index (χ1) is 9.25. The van der Waals surface area contributed by atoms with Gasteiger partial charge >= 0.3 is 0 Å². The monoisotopic (exact) mass is 310 g/mol. The van der Waals surface area contributed by atoms with Crippen LogP contribution in [-0.4, -0.2) is 25.7 Å². The van der Waals surface area contributed by atoms with E-state index >= 15 is 0 Å². The molecule has 114 valence electrons. The molecule has 4 heteroatoms. The maximum atomic E-state index is 6.69. The normalized spacial score (nSPS) is 12.5. The van der Waals surface area contributed by atoms with Gasteiger partial charge in [-0.2, -0.15) is 0 Å². The molecule has 0 heterocycles. The molecule has 0 aliphatic heterocycles. The Hall–Kier alpha value is -0.746. The lowest BCUT2D eigenvalue weighted by Crippen LogP contribution is -2.50. The van der Waals surface area contributed by atoms with Crippen LogP contribution < -0.4 is 14.3 Å². The van der Waals surface area contributed by atoms with Crippen molar-refractivity contribution in [3.8, 4) is 11.5 Å². The summed E-state index contributed by atoms with van der Waals surface area (Å²) in [5.41, 5.74) is 1.72. The van der Waals surface area contributed by atoms with E-state index in [9.17, 15) is 0 Å². The Kier molecular flexibility index (Phi) is 5.89. The lowest BCUT2D eigenvalue weighted by molar-refractivity contribution is 0.383. The van der Waals surface area contributed by atoms with Crippen molar-refractivity contribution in [3.63, 3.8) is 0 Å². The molecule has 0 saturated heterocycles. The van der Waals surface area contributed by atoms with Crippen LogP contribution >= 0.6 is 0 Å². The zero-order valence-corrected chi connectivity index (χ0v) is 17.3. The molecular weight excluding hydrogens is 280 g/mol. The Morgan fingerprint density at radius 3 is 1.80 bits per heavy atom. The molecule has 2 nitrogen and oxygen atoms in total. The molecule has 0 unspecified atom stereocenters. The standard InChI is InChI=1S/C16H30O2Si2/c1-11(2)20(12(3)4,13(5)6)18-15-9-8-14(19)10-16(15)17-7/h8-13H,1-7,19H3.